The van der Waals surface area contributed by atoms with Gasteiger partial charge in [0.05, 0.1) is 24.0 Å². The van der Waals surface area contributed by atoms with Crippen molar-refractivity contribution in [1.29, 1.82) is 0 Å². The molecule has 1 atom stereocenters. The minimum atomic E-state index is -1.02. The van der Waals surface area contributed by atoms with Crippen LogP contribution < -0.4 is 15.4 Å². The van der Waals surface area contributed by atoms with E-state index in [1.807, 2.05) is 0 Å². The number of anilines is 1. The number of piperazine rings is 1. The molecule has 0 radical (unpaired) electrons. The van der Waals surface area contributed by atoms with Gasteiger partial charge >= 0.3 is 0 Å². The molecule has 3 rings (SSSR count). The van der Waals surface area contributed by atoms with Crippen molar-refractivity contribution in [2.75, 3.05) is 25.5 Å². The zero-order valence-electron chi connectivity index (χ0n) is 16.2. The van der Waals surface area contributed by atoms with Crippen molar-refractivity contribution in [2.24, 2.45) is 0 Å². The SMILES string of the molecule is COc1ccccc1C(=O)N1CCNC(=O)C1CC(=O)Nc1cccc([N+](=O)[O-])c1. The second kappa shape index (κ2) is 9.03. The first-order valence-corrected chi connectivity index (χ1v) is 9.16. The van der Waals surface area contributed by atoms with Crippen molar-refractivity contribution in [3.05, 3.63) is 64.2 Å². The summed E-state index contributed by atoms with van der Waals surface area (Å²) < 4.78 is 5.23. The molecule has 1 fully saturated rings. The van der Waals surface area contributed by atoms with Crippen LogP contribution in [0, 0.1) is 10.1 Å². The van der Waals surface area contributed by atoms with Gasteiger partial charge in [-0.1, -0.05) is 18.2 Å². The normalized spacial score (nSPS) is 15.8. The van der Waals surface area contributed by atoms with Crippen LogP contribution in [0.25, 0.3) is 0 Å². The standard InChI is InChI=1S/C20H20N4O6/c1-30-17-8-3-2-7-15(17)20(27)23-10-9-21-19(26)16(23)12-18(25)22-13-5-4-6-14(11-13)24(28)29/h2-8,11,16H,9-10,12H2,1H3,(H,21,26)(H,22,25). The number of nitrogens with one attached hydrogen (secondary N) is 2. The summed E-state index contributed by atoms with van der Waals surface area (Å²) in [7, 11) is 1.44. The monoisotopic (exact) mass is 412 g/mol. The molecular formula is C20H20N4O6. The largest absolute Gasteiger partial charge is 0.496 e. The fourth-order valence-electron chi connectivity index (χ4n) is 3.22. The van der Waals surface area contributed by atoms with Crippen LogP contribution in [0.15, 0.2) is 48.5 Å². The number of nitrogens with zero attached hydrogens (tertiary/aromatic N) is 2. The number of carbonyl (C=O) groups is 3. The highest BCUT2D eigenvalue weighted by Crippen LogP contribution is 2.23. The topological polar surface area (TPSA) is 131 Å². The Kier molecular flexibility index (Phi) is 6.26. The molecule has 1 aliphatic rings. The van der Waals surface area contributed by atoms with Gasteiger partial charge in [-0.25, -0.2) is 0 Å². The van der Waals surface area contributed by atoms with Gasteiger partial charge in [-0.2, -0.15) is 0 Å². The molecule has 3 amide bonds. The average Bonchev–Trinajstić information content (AvgIpc) is 2.74. The molecule has 156 valence electrons. The molecule has 1 heterocycles. The fraction of sp³-hybridized carbons (Fsp3) is 0.250. The minimum absolute atomic E-state index is 0.170. The predicted octanol–water partition coefficient (Wildman–Crippen LogP) is 1.57. The van der Waals surface area contributed by atoms with Crippen LogP contribution in [-0.2, 0) is 9.59 Å². The molecule has 1 unspecified atom stereocenters. The van der Waals surface area contributed by atoms with Gasteiger partial charge in [-0.3, -0.25) is 24.5 Å². The Morgan fingerprint density at radius 1 is 1.27 bits per heavy atom. The zero-order chi connectivity index (χ0) is 21.7. The van der Waals surface area contributed by atoms with Crippen LogP contribution in [0.4, 0.5) is 11.4 Å². The van der Waals surface area contributed by atoms with Crippen molar-refractivity contribution < 1.29 is 24.0 Å². The molecule has 1 saturated heterocycles. The Balaban J connectivity index is 1.77. The van der Waals surface area contributed by atoms with E-state index in [1.165, 1.54) is 36.3 Å². The fourth-order valence-corrected chi connectivity index (χ4v) is 3.22. The smallest absolute Gasteiger partial charge is 0.271 e. The van der Waals surface area contributed by atoms with Gasteiger partial charge in [0.25, 0.3) is 11.6 Å². The number of ether oxygens (including phenoxy) is 1. The van der Waals surface area contributed by atoms with Gasteiger partial charge in [0.15, 0.2) is 0 Å². The Morgan fingerprint density at radius 3 is 2.77 bits per heavy atom. The molecule has 0 spiro atoms. The molecule has 1 aliphatic heterocycles. The molecule has 2 aromatic carbocycles. The first kappa shape index (κ1) is 20.8. The van der Waals surface area contributed by atoms with Gasteiger partial charge in [0, 0.05) is 30.9 Å². The molecular weight excluding hydrogens is 392 g/mol. The second-order valence-corrected chi connectivity index (χ2v) is 6.57. The van der Waals surface area contributed by atoms with E-state index < -0.39 is 28.7 Å². The van der Waals surface area contributed by atoms with Crippen molar-refractivity contribution in [3.8, 4) is 5.75 Å². The number of benzene rings is 2. The van der Waals surface area contributed by atoms with Gasteiger partial charge < -0.3 is 20.3 Å². The molecule has 0 aromatic heterocycles. The second-order valence-electron chi connectivity index (χ2n) is 6.57. The Hall–Kier alpha value is -3.95. The van der Waals surface area contributed by atoms with E-state index in [4.69, 9.17) is 4.74 Å². The molecule has 0 bridgehead atoms. The maximum Gasteiger partial charge on any atom is 0.271 e. The third kappa shape index (κ3) is 4.54. The van der Waals surface area contributed by atoms with Crippen molar-refractivity contribution >= 4 is 29.1 Å². The lowest BCUT2D eigenvalue weighted by molar-refractivity contribution is -0.384. The van der Waals surface area contributed by atoms with Crippen LogP contribution in [0.2, 0.25) is 0 Å². The third-order valence-corrected chi connectivity index (χ3v) is 4.65. The number of nitro groups is 1. The Bertz CT molecular complexity index is 993. The van der Waals surface area contributed by atoms with Crippen LogP contribution in [-0.4, -0.2) is 53.8 Å². The summed E-state index contributed by atoms with van der Waals surface area (Å²) in [6, 6.07) is 11.1. The molecule has 2 aromatic rings. The van der Waals surface area contributed by atoms with Crippen molar-refractivity contribution in [2.45, 2.75) is 12.5 Å². The first-order valence-electron chi connectivity index (χ1n) is 9.16. The Labute approximate surface area is 172 Å². The first-order chi connectivity index (χ1) is 14.4. The number of nitro benzene ring substituents is 1. The van der Waals surface area contributed by atoms with Gasteiger partial charge in [0.1, 0.15) is 11.8 Å². The number of non-ortho nitro benzene ring substituents is 1. The highest BCUT2D eigenvalue weighted by molar-refractivity contribution is 6.02. The number of hydrogen-bond acceptors (Lipinski definition) is 6. The highest BCUT2D eigenvalue weighted by atomic mass is 16.6. The van der Waals surface area contributed by atoms with E-state index in [2.05, 4.69) is 10.6 Å². The lowest BCUT2D eigenvalue weighted by Gasteiger charge is -2.35. The van der Waals surface area contributed by atoms with Crippen molar-refractivity contribution in [1.82, 2.24) is 10.2 Å². The van der Waals surface area contributed by atoms with E-state index >= 15 is 0 Å². The molecule has 10 heteroatoms. The minimum Gasteiger partial charge on any atom is -0.496 e. The van der Waals surface area contributed by atoms with E-state index in [9.17, 15) is 24.5 Å². The third-order valence-electron chi connectivity index (χ3n) is 4.65. The Morgan fingerprint density at radius 2 is 2.03 bits per heavy atom. The zero-order valence-corrected chi connectivity index (χ0v) is 16.2. The van der Waals surface area contributed by atoms with Gasteiger partial charge in [0.2, 0.25) is 11.8 Å². The molecule has 2 N–H and O–H groups in total. The summed E-state index contributed by atoms with van der Waals surface area (Å²) in [5.41, 5.74) is 0.350. The van der Waals surface area contributed by atoms with Crippen LogP contribution in [0.1, 0.15) is 16.8 Å². The average molecular weight is 412 g/mol. The molecule has 0 aliphatic carbocycles. The number of amides is 3. The van der Waals surface area contributed by atoms with E-state index in [1.54, 1.807) is 24.3 Å². The number of methoxy groups -OCH3 is 1. The molecule has 30 heavy (non-hydrogen) atoms. The highest BCUT2D eigenvalue weighted by Gasteiger charge is 2.36. The summed E-state index contributed by atoms with van der Waals surface area (Å²) in [5, 5.41) is 16.1. The molecule has 0 saturated carbocycles. The number of rotatable bonds is 6. The lowest BCUT2D eigenvalue weighted by Crippen LogP contribution is -2.58. The maximum atomic E-state index is 13.1. The number of hydrogen-bond donors (Lipinski definition) is 2. The number of carbonyl (C=O) groups excluding carboxylic acids is 3. The number of para-hydroxylation sites is 1. The summed E-state index contributed by atoms with van der Waals surface area (Å²) in [6.45, 7) is 0.500. The van der Waals surface area contributed by atoms with E-state index in [0.717, 1.165) is 0 Å². The van der Waals surface area contributed by atoms with Crippen LogP contribution in [0.5, 0.6) is 5.75 Å². The van der Waals surface area contributed by atoms with Gasteiger partial charge in [-0.05, 0) is 18.2 Å². The van der Waals surface area contributed by atoms with E-state index in [0.29, 0.717) is 11.3 Å². The van der Waals surface area contributed by atoms with Crippen LogP contribution in [0.3, 0.4) is 0 Å². The quantitative estimate of drug-likeness (QED) is 0.547. The van der Waals surface area contributed by atoms with Crippen LogP contribution >= 0.6 is 0 Å². The summed E-state index contributed by atoms with van der Waals surface area (Å²) in [6.07, 6.45) is -0.296. The summed E-state index contributed by atoms with van der Waals surface area (Å²) in [4.78, 5) is 49.6. The maximum absolute atomic E-state index is 13.1. The summed E-state index contributed by atoms with van der Waals surface area (Å²) >= 11 is 0. The summed E-state index contributed by atoms with van der Waals surface area (Å²) in [5.74, 6) is -1.04. The van der Waals surface area contributed by atoms with Gasteiger partial charge in [-0.15, -0.1) is 0 Å². The molecule has 10 nitrogen and oxygen atoms in total. The van der Waals surface area contributed by atoms with Crippen molar-refractivity contribution in [3.63, 3.8) is 0 Å². The van der Waals surface area contributed by atoms with E-state index in [-0.39, 0.29) is 30.9 Å². The predicted molar refractivity (Wildman–Crippen MR) is 107 cm³/mol. The lowest BCUT2D eigenvalue weighted by atomic mass is 10.1.